The first kappa shape index (κ1) is 11.6. The van der Waals surface area contributed by atoms with Crippen LogP contribution in [0.15, 0.2) is 12.1 Å². The average molecular weight is 277 g/mol. The second-order valence-electron chi connectivity index (χ2n) is 5.50. The Morgan fingerprint density at radius 2 is 2.00 bits per heavy atom. The van der Waals surface area contributed by atoms with Gasteiger partial charge in [-0.25, -0.2) is 0 Å². The van der Waals surface area contributed by atoms with Crippen LogP contribution in [0.5, 0.6) is 5.75 Å². The fourth-order valence-corrected chi connectivity index (χ4v) is 3.69. The monoisotopic (exact) mass is 276 g/mol. The van der Waals surface area contributed by atoms with E-state index in [4.69, 9.17) is 16.3 Å². The molecule has 19 heavy (non-hydrogen) atoms. The first-order valence-electron chi connectivity index (χ1n) is 6.89. The van der Waals surface area contributed by atoms with Crippen LogP contribution >= 0.6 is 11.6 Å². The second kappa shape index (κ2) is 4.15. The fourth-order valence-electron chi connectivity index (χ4n) is 3.42. The van der Waals surface area contributed by atoms with Gasteiger partial charge in [-0.15, -0.1) is 0 Å². The van der Waals surface area contributed by atoms with Crippen molar-refractivity contribution in [2.45, 2.75) is 19.4 Å². The fraction of sp³-hybridized carbons (Fsp3) is 0.467. The highest BCUT2D eigenvalue weighted by atomic mass is 35.5. The van der Waals surface area contributed by atoms with E-state index in [1.807, 2.05) is 12.1 Å². The molecule has 1 aromatic heterocycles. The van der Waals surface area contributed by atoms with Crippen LogP contribution in [-0.2, 0) is 19.4 Å². The smallest absolute Gasteiger partial charge is 0.143 e. The number of nitrogens with zero attached hydrogens (tertiary/aromatic N) is 2. The highest BCUT2D eigenvalue weighted by Gasteiger charge is 2.26. The average Bonchev–Trinajstić information content (AvgIpc) is 2.62. The quantitative estimate of drug-likeness (QED) is 0.736. The largest absolute Gasteiger partial charge is 0.490 e. The number of aromatic nitrogens is 1. The lowest BCUT2D eigenvalue weighted by Gasteiger charge is -2.20. The van der Waals surface area contributed by atoms with Gasteiger partial charge in [-0.1, -0.05) is 11.6 Å². The number of hydrogen-bond donors (Lipinski definition) is 0. The van der Waals surface area contributed by atoms with E-state index < -0.39 is 0 Å². The van der Waals surface area contributed by atoms with Gasteiger partial charge in [0.1, 0.15) is 12.4 Å². The molecular weight excluding hydrogens is 260 g/mol. The van der Waals surface area contributed by atoms with Gasteiger partial charge < -0.3 is 14.2 Å². The standard InChI is InChI=1S/C15H17ClN2O/c1-17-6-4-10-12(5-7-17)18-8-9-19-13-3-2-11(16)14(10)15(13)18/h2-3H,4-9H2,1H3. The molecule has 0 atom stereocenters. The van der Waals surface area contributed by atoms with Gasteiger partial charge in [-0.05, 0) is 31.2 Å². The van der Waals surface area contributed by atoms with E-state index in [2.05, 4.69) is 16.5 Å². The molecule has 4 rings (SSSR count). The van der Waals surface area contributed by atoms with Crippen LogP contribution in [0.3, 0.4) is 0 Å². The summed E-state index contributed by atoms with van der Waals surface area (Å²) in [6.45, 7) is 3.94. The van der Waals surface area contributed by atoms with Crippen LogP contribution in [0, 0.1) is 0 Å². The highest BCUT2D eigenvalue weighted by molar-refractivity contribution is 6.36. The molecule has 2 aliphatic rings. The van der Waals surface area contributed by atoms with E-state index in [0.717, 1.165) is 49.9 Å². The third kappa shape index (κ3) is 1.61. The first-order chi connectivity index (χ1) is 9.25. The van der Waals surface area contributed by atoms with Gasteiger partial charge in [0, 0.05) is 30.6 Å². The molecule has 0 unspecified atom stereocenters. The summed E-state index contributed by atoms with van der Waals surface area (Å²) in [7, 11) is 2.19. The molecule has 100 valence electrons. The van der Waals surface area contributed by atoms with Gasteiger partial charge in [0.25, 0.3) is 0 Å². The zero-order valence-electron chi connectivity index (χ0n) is 11.1. The van der Waals surface area contributed by atoms with Crippen molar-refractivity contribution in [2.75, 3.05) is 26.7 Å². The van der Waals surface area contributed by atoms with Crippen molar-refractivity contribution in [3.8, 4) is 5.75 Å². The molecule has 0 amide bonds. The summed E-state index contributed by atoms with van der Waals surface area (Å²) in [6.07, 6.45) is 2.19. The van der Waals surface area contributed by atoms with Crippen LogP contribution in [0.1, 0.15) is 11.3 Å². The van der Waals surface area contributed by atoms with E-state index in [9.17, 15) is 0 Å². The number of hydrogen-bond acceptors (Lipinski definition) is 2. The van der Waals surface area contributed by atoms with Gasteiger partial charge in [0.05, 0.1) is 17.1 Å². The van der Waals surface area contributed by atoms with Crippen molar-refractivity contribution >= 4 is 22.5 Å². The third-order valence-corrected chi connectivity index (χ3v) is 4.70. The van der Waals surface area contributed by atoms with Gasteiger partial charge in [-0.3, -0.25) is 0 Å². The van der Waals surface area contributed by atoms with E-state index in [1.54, 1.807) is 0 Å². The van der Waals surface area contributed by atoms with Crippen LogP contribution in [-0.4, -0.2) is 36.2 Å². The van der Waals surface area contributed by atoms with E-state index >= 15 is 0 Å². The van der Waals surface area contributed by atoms with E-state index in [0.29, 0.717) is 0 Å². The topological polar surface area (TPSA) is 17.4 Å². The van der Waals surface area contributed by atoms with Gasteiger partial charge in [0.15, 0.2) is 0 Å². The summed E-state index contributed by atoms with van der Waals surface area (Å²) >= 11 is 6.47. The zero-order valence-corrected chi connectivity index (χ0v) is 11.8. The van der Waals surface area contributed by atoms with Crippen LogP contribution in [0.25, 0.3) is 10.9 Å². The number of halogens is 1. The lowest BCUT2D eigenvalue weighted by Crippen LogP contribution is -2.22. The van der Waals surface area contributed by atoms with Gasteiger partial charge >= 0.3 is 0 Å². The lowest BCUT2D eigenvalue weighted by atomic mass is 10.1. The van der Waals surface area contributed by atoms with Crippen molar-refractivity contribution in [3.05, 3.63) is 28.4 Å². The van der Waals surface area contributed by atoms with Crippen molar-refractivity contribution < 1.29 is 4.74 Å². The summed E-state index contributed by atoms with van der Waals surface area (Å²) in [5.74, 6) is 0.993. The maximum atomic E-state index is 6.47. The highest BCUT2D eigenvalue weighted by Crippen LogP contribution is 2.40. The van der Waals surface area contributed by atoms with Crippen molar-refractivity contribution in [2.24, 2.45) is 0 Å². The van der Waals surface area contributed by atoms with Crippen LogP contribution in [0.2, 0.25) is 5.02 Å². The maximum Gasteiger partial charge on any atom is 0.143 e. The maximum absolute atomic E-state index is 6.47. The van der Waals surface area contributed by atoms with Crippen LogP contribution < -0.4 is 4.74 Å². The molecule has 0 saturated carbocycles. The van der Waals surface area contributed by atoms with Gasteiger partial charge in [-0.2, -0.15) is 0 Å². The minimum Gasteiger partial charge on any atom is -0.490 e. The van der Waals surface area contributed by atoms with E-state index in [1.165, 1.54) is 22.2 Å². The minimum absolute atomic E-state index is 0.765. The summed E-state index contributed by atoms with van der Waals surface area (Å²) < 4.78 is 8.23. The molecule has 0 fully saturated rings. The molecule has 0 N–H and O–H groups in total. The Kier molecular flexibility index (Phi) is 2.54. The molecule has 0 bridgehead atoms. The summed E-state index contributed by atoms with van der Waals surface area (Å²) in [4.78, 5) is 2.40. The van der Waals surface area contributed by atoms with Crippen molar-refractivity contribution in [3.63, 3.8) is 0 Å². The molecule has 3 nitrogen and oxygen atoms in total. The molecule has 0 saturated heterocycles. The Morgan fingerprint density at radius 1 is 1.16 bits per heavy atom. The molecular formula is C15H17ClN2O. The Morgan fingerprint density at radius 3 is 2.89 bits per heavy atom. The SMILES string of the molecule is CN1CCc2c(n3c4c(ccc(Cl)c24)OCC3)CC1. The number of ether oxygens (including phenoxy) is 1. The first-order valence-corrected chi connectivity index (χ1v) is 7.27. The number of fused-ring (bicyclic) bond motifs is 3. The Hall–Kier alpha value is -1.19. The predicted molar refractivity (Wildman–Crippen MR) is 77.3 cm³/mol. The van der Waals surface area contributed by atoms with Crippen LogP contribution in [0.4, 0.5) is 0 Å². The molecule has 3 heterocycles. The van der Waals surface area contributed by atoms with E-state index in [-0.39, 0.29) is 0 Å². The third-order valence-electron chi connectivity index (χ3n) is 4.38. The van der Waals surface area contributed by atoms with Crippen molar-refractivity contribution in [1.82, 2.24) is 9.47 Å². The molecule has 2 aromatic rings. The molecule has 0 aliphatic carbocycles. The number of benzene rings is 1. The molecule has 0 spiro atoms. The Bertz CT molecular complexity index is 662. The molecule has 4 heteroatoms. The second-order valence-corrected chi connectivity index (χ2v) is 5.90. The normalized spacial score (nSPS) is 19.1. The molecule has 1 aromatic carbocycles. The lowest BCUT2D eigenvalue weighted by molar-refractivity contribution is 0.284. The Balaban J connectivity index is 2.05. The number of rotatable bonds is 0. The predicted octanol–water partition coefficient (Wildman–Crippen LogP) is 2.72. The molecule has 0 radical (unpaired) electrons. The Labute approximate surface area is 117 Å². The van der Waals surface area contributed by atoms with Crippen molar-refractivity contribution in [1.29, 1.82) is 0 Å². The summed E-state index contributed by atoms with van der Waals surface area (Å²) in [5.41, 5.74) is 4.13. The summed E-state index contributed by atoms with van der Waals surface area (Å²) in [6, 6.07) is 3.98. The number of likely N-dealkylation sites (N-methyl/N-ethyl adjacent to an activating group) is 1. The van der Waals surface area contributed by atoms with Gasteiger partial charge in [0.2, 0.25) is 0 Å². The summed E-state index contributed by atoms with van der Waals surface area (Å²) in [5, 5.41) is 2.09. The zero-order chi connectivity index (χ0) is 13.0. The minimum atomic E-state index is 0.765. The molecule has 2 aliphatic heterocycles.